The molecule has 0 aliphatic carbocycles. The summed E-state index contributed by atoms with van der Waals surface area (Å²) in [5, 5.41) is 0. The zero-order valence-electron chi connectivity index (χ0n) is 12.0. The molecular formula is C16H15FO4. The van der Waals surface area contributed by atoms with Crippen LogP contribution in [0, 0.1) is 5.82 Å². The van der Waals surface area contributed by atoms with Gasteiger partial charge in [-0.25, -0.2) is 4.39 Å². The van der Waals surface area contributed by atoms with E-state index in [-0.39, 0.29) is 5.78 Å². The summed E-state index contributed by atoms with van der Waals surface area (Å²) in [5.41, 5.74) is 0.752. The van der Waals surface area contributed by atoms with Gasteiger partial charge < -0.3 is 14.2 Å². The Bertz CT molecular complexity index is 625. The number of carbonyl (C=O) groups excluding carboxylic acids is 1. The van der Waals surface area contributed by atoms with Crippen LogP contribution in [0.4, 0.5) is 4.39 Å². The van der Waals surface area contributed by atoms with Gasteiger partial charge in [-0.15, -0.1) is 0 Å². The van der Waals surface area contributed by atoms with Gasteiger partial charge in [-0.1, -0.05) is 0 Å². The van der Waals surface area contributed by atoms with Crippen LogP contribution in [-0.4, -0.2) is 27.1 Å². The van der Waals surface area contributed by atoms with Crippen molar-refractivity contribution in [2.24, 2.45) is 0 Å². The van der Waals surface area contributed by atoms with Crippen molar-refractivity contribution in [1.82, 2.24) is 0 Å². The van der Waals surface area contributed by atoms with Crippen molar-refractivity contribution in [3.05, 3.63) is 53.3 Å². The molecule has 0 bridgehead atoms. The van der Waals surface area contributed by atoms with E-state index in [0.29, 0.717) is 28.4 Å². The van der Waals surface area contributed by atoms with Crippen LogP contribution in [0.1, 0.15) is 15.9 Å². The van der Waals surface area contributed by atoms with E-state index in [4.69, 9.17) is 14.2 Å². The maximum atomic E-state index is 12.9. The summed E-state index contributed by atoms with van der Waals surface area (Å²) in [5.74, 6) is 0.547. The van der Waals surface area contributed by atoms with Gasteiger partial charge in [0.1, 0.15) is 5.82 Å². The highest BCUT2D eigenvalue weighted by molar-refractivity contribution is 6.09. The highest BCUT2D eigenvalue weighted by Crippen LogP contribution is 2.38. The number of ketones is 1. The van der Waals surface area contributed by atoms with Gasteiger partial charge in [0.25, 0.3) is 0 Å². The number of hydrogen-bond donors (Lipinski definition) is 0. The third-order valence-electron chi connectivity index (χ3n) is 3.03. The van der Waals surface area contributed by atoms with Crippen molar-refractivity contribution in [2.75, 3.05) is 21.3 Å². The number of carbonyl (C=O) groups is 1. The second kappa shape index (κ2) is 6.26. The van der Waals surface area contributed by atoms with Crippen LogP contribution in [-0.2, 0) is 0 Å². The van der Waals surface area contributed by atoms with E-state index in [1.165, 1.54) is 45.6 Å². The predicted octanol–water partition coefficient (Wildman–Crippen LogP) is 3.08. The maximum Gasteiger partial charge on any atom is 0.203 e. The van der Waals surface area contributed by atoms with Crippen LogP contribution in [0.5, 0.6) is 17.2 Å². The molecule has 0 saturated carbocycles. The minimum atomic E-state index is -0.392. The summed E-state index contributed by atoms with van der Waals surface area (Å²) in [6, 6.07) is 8.47. The van der Waals surface area contributed by atoms with Crippen molar-refractivity contribution >= 4 is 5.78 Å². The summed E-state index contributed by atoms with van der Waals surface area (Å²) >= 11 is 0. The first kappa shape index (κ1) is 14.8. The molecule has 0 unspecified atom stereocenters. The molecule has 0 spiro atoms. The number of methoxy groups -OCH3 is 3. The van der Waals surface area contributed by atoms with E-state index in [1.54, 1.807) is 12.1 Å². The highest BCUT2D eigenvalue weighted by Gasteiger charge is 2.18. The number of hydrogen-bond acceptors (Lipinski definition) is 4. The first-order valence-corrected chi connectivity index (χ1v) is 6.21. The average Bonchev–Trinajstić information content (AvgIpc) is 2.53. The molecule has 110 valence electrons. The van der Waals surface area contributed by atoms with Crippen molar-refractivity contribution < 1.29 is 23.4 Å². The van der Waals surface area contributed by atoms with Gasteiger partial charge in [0.05, 0.1) is 21.3 Å². The fourth-order valence-corrected chi connectivity index (χ4v) is 1.98. The molecule has 4 nitrogen and oxygen atoms in total. The number of benzene rings is 2. The van der Waals surface area contributed by atoms with Gasteiger partial charge in [-0.2, -0.15) is 0 Å². The molecule has 0 radical (unpaired) electrons. The zero-order chi connectivity index (χ0) is 15.4. The largest absolute Gasteiger partial charge is 0.493 e. The van der Waals surface area contributed by atoms with Crippen LogP contribution < -0.4 is 14.2 Å². The van der Waals surface area contributed by atoms with Gasteiger partial charge in [0.15, 0.2) is 17.3 Å². The molecule has 0 aliphatic rings. The maximum absolute atomic E-state index is 12.9. The lowest BCUT2D eigenvalue weighted by molar-refractivity contribution is 0.103. The molecule has 0 fully saturated rings. The standard InChI is InChI=1S/C16H15FO4/c1-19-13-8-11(9-14(20-2)16(13)21-3)15(18)10-4-6-12(17)7-5-10/h4-9H,1-3H3. The third-order valence-corrected chi connectivity index (χ3v) is 3.03. The zero-order valence-corrected chi connectivity index (χ0v) is 12.0. The second-order valence-electron chi connectivity index (χ2n) is 4.25. The summed E-state index contributed by atoms with van der Waals surface area (Å²) < 4.78 is 28.5. The molecule has 0 saturated heterocycles. The molecule has 0 amide bonds. The van der Waals surface area contributed by atoms with Crippen molar-refractivity contribution in [3.63, 3.8) is 0 Å². The average molecular weight is 290 g/mol. The Morgan fingerprint density at radius 3 is 1.81 bits per heavy atom. The first-order chi connectivity index (χ1) is 10.1. The summed E-state index contributed by atoms with van der Waals surface area (Å²) in [6.45, 7) is 0. The Morgan fingerprint density at radius 1 is 0.857 bits per heavy atom. The predicted molar refractivity (Wildman–Crippen MR) is 75.9 cm³/mol. The topological polar surface area (TPSA) is 44.8 Å². The third kappa shape index (κ3) is 2.97. The SMILES string of the molecule is COc1cc(C(=O)c2ccc(F)cc2)cc(OC)c1OC. The van der Waals surface area contributed by atoms with Crippen LogP contribution in [0.3, 0.4) is 0 Å². The summed E-state index contributed by atoms with van der Waals surface area (Å²) in [6.07, 6.45) is 0. The Labute approximate surface area is 122 Å². The van der Waals surface area contributed by atoms with E-state index in [2.05, 4.69) is 0 Å². The van der Waals surface area contributed by atoms with E-state index < -0.39 is 5.82 Å². The van der Waals surface area contributed by atoms with Gasteiger partial charge >= 0.3 is 0 Å². The molecule has 0 aliphatic heterocycles. The number of halogens is 1. The summed E-state index contributed by atoms with van der Waals surface area (Å²) in [7, 11) is 4.44. The molecule has 0 heterocycles. The first-order valence-electron chi connectivity index (χ1n) is 6.21. The Hall–Kier alpha value is -2.56. The van der Waals surface area contributed by atoms with Gasteiger partial charge in [-0.05, 0) is 36.4 Å². The number of rotatable bonds is 5. The lowest BCUT2D eigenvalue weighted by atomic mass is 10.0. The lowest BCUT2D eigenvalue weighted by Crippen LogP contribution is -2.04. The minimum Gasteiger partial charge on any atom is -0.493 e. The van der Waals surface area contributed by atoms with E-state index >= 15 is 0 Å². The van der Waals surface area contributed by atoms with Crippen molar-refractivity contribution in [1.29, 1.82) is 0 Å². The molecule has 2 aromatic carbocycles. The normalized spacial score (nSPS) is 10.1. The minimum absolute atomic E-state index is 0.255. The molecule has 5 heteroatoms. The van der Waals surface area contributed by atoms with Gasteiger partial charge in [0, 0.05) is 11.1 Å². The van der Waals surface area contributed by atoms with Crippen LogP contribution in [0.15, 0.2) is 36.4 Å². The van der Waals surface area contributed by atoms with E-state index in [9.17, 15) is 9.18 Å². The quantitative estimate of drug-likeness (QED) is 0.794. The Morgan fingerprint density at radius 2 is 1.38 bits per heavy atom. The summed E-state index contributed by atoms with van der Waals surface area (Å²) in [4.78, 5) is 12.4. The molecular weight excluding hydrogens is 275 g/mol. The fourth-order valence-electron chi connectivity index (χ4n) is 1.98. The molecule has 21 heavy (non-hydrogen) atoms. The molecule has 0 N–H and O–H groups in total. The van der Waals surface area contributed by atoms with Crippen molar-refractivity contribution in [3.8, 4) is 17.2 Å². The van der Waals surface area contributed by atoms with E-state index in [1.807, 2.05) is 0 Å². The van der Waals surface area contributed by atoms with Crippen LogP contribution in [0.2, 0.25) is 0 Å². The van der Waals surface area contributed by atoms with Crippen LogP contribution >= 0.6 is 0 Å². The van der Waals surface area contributed by atoms with Gasteiger partial charge in [0.2, 0.25) is 5.75 Å². The monoisotopic (exact) mass is 290 g/mol. The van der Waals surface area contributed by atoms with Crippen LogP contribution in [0.25, 0.3) is 0 Å². The molecule has 2 rings (SSSR count). The molecule has 0 atom stereocenters. The highest BCUT2D eigenvalue weighted by atomic mass is 19.1. The Balaban J connectivity index is 2.48. The van der Waals surface area contributed by atoms with Crippen molar-refractivity contribution in [2.45, 2.75) is 0 Å². The molecule has 0 aromatic heterocycles. The lowest BCUT2D eigenvalue weighted by Gasteiger charge is -2.13. The Kier molecular flexibility index (Phi) is 4.42. The number of ether oxygens (including phenoxy) is 3. The van der Waals surface area contributed by atoms with Gasteiger partial charge in [-0.3, -0.25) is 4.79 Å². The molecule has 2 aromatic rings. The second-order valence-corrected chi connectivity index (χ2v) is 4.25. The fraction of sp³-hybridized carbons (Fsp3) is 0.188. The smallest absolute Gasteiger partial charge is 0.203 e. The van der Waals surface area contributed by atoms with E-state index in [0.717, 1.165) is 0 Å².